The van der Waals surface area contributed by atoms with Gasteiger partial charge in [-0.2, -0.15) is 0 Å². The second kappa shape index (κ2) is 10.1. The van der Waals surface area contributed by atoms with Crippen molar-refractivity contribution in [1.29, 1.82) is 0 Å². The maximum absolute atomic E-state index is 13.2. The van der Waals surface area contributed by atoms with Crippen LogP contribution in [0.2, 0.25) is 5.02 Å². The molecule has 0 saturated heterocycles. The molecule has 4 nitrogen and oxygen atoms in total. The predicted octanol–water partition coefficient (Wildman–Crippen LogP) is 6.74. The van der Waals surface area contributed by atoms with Crippen molar-refractivity contribution in [1.82, 2.24) is 0 Å². The Balaban J connectivity index is 1.47. The van der Waals surface area contributed by atoms with Crippen molar-refractivity contribution in [2.45, 2.75) is 49.0 Å². The van der Waals surface area contributed by atoms with Crippen LogP contribution in [0.3, 0.4) is 0 Å². The van der Waals surface area contributed by atoms with E-state index in [1.807, 2.05) is 42.5 Å². The summed E-state index contributed by atoms with van der Waals surface area (Å²) in [6, 6.07) is 26.3. The highest BCUT2D eigenvalue weighted by atomic mass is 35.5. The number of carbonyl (C=O) groups excluding carboxylic acids is 1. The van der Waals surface area contributed by atoms with E-state index >= 15 is 0 Å². The number of hydrogen-bond acceptors (Lipinski definition) is 4. The maximum Gasteiger partial charge on any atom is 0.331 e. The van der Waals surface area contributed by atoms with Crippen molar-refractivity contribution in [3.63, 3.8) is 0 Å². The van der Waals surface area contributed by atoms with E-state index in [0.717, 1.165) is 30.5 Å². The topological polar surface area (TPSA) is 58.6 Å². The van der Waals surface area contributed by atoms with Gasteiger partial charge in [0.15, 0.2) is 0 Å². The molecule has 2 aliphatic rings. The Morgan fingerprint density at radius 3 is 2.42 bits per heavy atom. The Morgan fingerprint density at radius 2 is 1.72 bits per heavy atom. The molecule has 0 bridgehead atoms. The van der Waals surface area contributed by atoms with Crippen LogP contribution in [0.4, 0.5) is 5.69 Å². The van der Waals surface area contributed by atoms with Crippen LogP contribution >= 0.6 is 11.6 Å². The molecule has 5 heteroatoms. The number of halogens is 1. The first-order valence-corrected chi connectivity index (χ1v) is 13.0. The van der Waals surface area contributed by atoms with Crippen molar-refractivity contribution in [3.05, 3.63) is 106 Å². The van der Waals surface area contributed by atoms with E-state index in [2.05, 4.69) is 47.8 Å². The third-order valence-corrected chi connectivity index (χ3v) is 8.36. The molecular weight excluding hydrogens is 470 g/mol. The zero-order chi connectivity index (χ0) is 25.2. The Hall–Kier alpha value is -3.08. The lowest BCUT2D eigenvalue weighted by atomic mass is 9.61. The summed E-state index contributed by atoms with van der Waals surface area (Å²) in [5, 5.41) is 14.4. The first-order valence-electron chi connectivity index (χ1n) is 12.6. The van der Waals surface area contributed by atoms with Gasteiger partial charge in [0.2, 0.25) is 0 Å². The molecule has 1 atom stereocenters. The smallest absolute Gasteiger partial charge is 0.331 e. The molecule has 1 fully saturated rings. The highest BCUT2D eigenvalue weighted by molar-refractivity contribution is 6.30. The number of aliphatic hydroxyl groups is 1. The van der Waals surface area contributed by atoms with Gasteiger partial charge in [-0.25, -0.2) is 4.79 Å². The molecule has 3 aromatic carbocycles. The number of rotatable bonds is 7. The molecular formula is C31H32ClNO3. The number of anilines is 1. The summed E-state index contributed by atoms with van der Waals surface area (Å²) in [5.41, 5.74) is 4.89. The van der Waals surface area contributed by atoms with Crippen LogP contribution in [-0.4, -0.2) is 30.3 Å². The standard InChI is InChI=1S/C31H32ClNO3/c1-36-29(35)31(33-27-12-7-11-26(32)20-27)16-14-30(15-17-31)25(18-23-10-5-6-13-28(23)30)19-24(21-34)22-8-3-2-4-9-22/h2-13,18,20,24,33-34H,14-17,19,21H2,1H3/t24-,30?,31?/m1/s1. The SMILES string of the molecule is COC(=O)C1(Nc2cccc(Cl)c2)CCC2(CC1)C(C[C@H](CO)c1ccccc1)=Cc1ccccc12. The fourth-order valence-corrected chi connectivity index (χ4v) is 6.39. The fraction of sp³-hybridized carbons (Fsp3) is 0.323. The van der Waals surface area contributed by atoms with Gasteiger partial charge in [-0.05, 0) is 67.0 Å². The molecule has 2 N–H and O–H groups in total. The van der Waals surface area contributed by atoms with Gasteiger partial charge >= 0.3 is 5.97 Å². The van der Waals surface area contributed by atoms with Crippen LogP contribution in [0, 0.1) is 0 Å². The van der Waals surface area contributed by atoms with Crippen LogP contribution < -0.4 is 5.32 Å². The second-order valence-electron chi connectivity index (χ2n) is 10.0. The number of fused-ring (bicyclic) bond motifs is 2. The van der Waals surface area contributed by atoms with Crippen molar-refractivity contribution in [3.8, 4) is 0 Å². The van der Waals surface area contributed by atoms with E-state index in [1.165, 1.54) is 23.8 Å². The van der Waals surface area contributed by atoms with Gasteiger partial charge in [0.05, 0.1) is 13.7 Å². The Bertz CT molecular complexity index is 1260. The van der Waals surface area contributed by atoms with Crippen LogP contribution in [0.1, 0.15) is 54.7 Å². The molecule has 186 valence electrons. The Kier molecular flexibility index (Phi) is 6.92. The van der Waals surface area contributed by atoms with Gasteiger partial charge in [-0.3, -0.25) is 0 Å². The maximum atomic E-state index is 13.2. The number of ether oxygens (including phenoxy) is 1. The summed E-state index contributed by atoms with van der Waals surface area (Å²) < 4.78 is 5.30. The van der Waals surface area contributed by atoms with Crippen LogP contribution in [0.25, 0.3) is 6.08 Å². The molecule has 36 heavy (non-hydrogen) atoms. The summed E-state index contributed by atoms with van der Waals surface area (Å²) >= 11 is 6.22. The van der Waals surface area contributed by atoms with E-state index < -0.39 is 5.54 Å². The number of nitrogens with one attached hydrogen (secondary N) is 1. The molecule has 0 aliphatic heterocycles. The van der Waals surface area contributed by atoms with Gasteiger partial charge in [-0.1, -0.05) is 83.9 Å². The van der Waals surface area contributed by atoms with Gasteiger partial charge < -0.3 is 15.2 Å². The Morgan fingerprint density at radius 1 is 1.00 bits per heavy atom. The lowest BCUT2D eigenvalue weighted by Crippen LogP contribution is -2.52. The van der Waals surface area contributed by atoms with E-state index in [0.29, 0.717) is 17.9 Å². The third kappa shape index (κ3) is 4.44. The number of carbonyl (C=O) groups is 1. The molecule has 5 rings (SSSR count). The predicted molar refractivity (Wildman–Crippen MR) is 145 cm³/mol. The van der Waals surface area contributed by atoms with Crippen LogP contribution in [0.5, 0.6) is 0 Å². The number of hydrogen-bond donors (Lipinski definition) is 2. The number of esters is 1. The summed E-state index contributed by atoms with van der Waals surface area (Å²) in [5.74, 6) is -0.216. The molecule has 1 spiro atoms. The first-order chi connectivity index (χ1) is 17.5. The van der Waals surface area contributed by atoms with Gasteiger partial charge in [-0.15, -0.1) is 0 Å². The fourth-order valence-electron chi connectivity index (χ4n) is 6.20. The van der Waals surface area contributed by atoms with Crippen LogP contribution in [-0.2, 0) is 14.9 Å². The molecule has 0 unspecified atom stereocenters. The number of aliphatic hydroxyl groups excluding tert-OH is 1. The molecule has 2 aliphatic carbocycles. The second-order valence-corrected chi connectivity index (χ2v) is 10.5. The molecule has 1 saturated carbocycles. The summed E-state index contributed by atoms with van der Waals surface area (Å²) in [7, 11) is 1.45. The van der Waals surface area contributed by atoms with Crippen molar-refractivity contribution in [2.75, 3.05) is 19.0 Å². The third-order valence-electron chi connectivity index (χ3n) is 8.12. The number of benzene rings is 3. The summed E-state index contributed by atoms with van der Waals surface area (Å²) in [6.07, 6.45) is 5.98. The monoisotopic (exact) mass is 501 g/mol. The summed E-state index contributed by atoms with van der Waals surface area (Å²) in [6.45, 7) is 0.0935. The van der Waals surface area contributed by atoms with E-state index in [-0.39, 0.29) is 23.9 Å². The zero-order valence-electron chi connectivity index (χ0n) is 20.5. The van der Waals surface area contributed by atoms with Gasteiger partial charge in [0.25, 0.3) is 0 Å². The highest BCUT2D eigenvalue weighted by Gasteiger charge is 2.52. The van der Waals surface area contributed by atoms with E-state index in [4.69, 9.17) is 16.3 Å². The van der Waals surface area contributed by atoms with Gasteiger partial charge in [0.1, 0.15) is 5.54 Å². The minimum atomic E-state index is -0.816. The quantitative estimate of drug-likeness (QED) is 0.352. The lowest BCUT2D eigenvalue weighted by Gasteiger charge is -2.46. The molecule has 0 amide bonds. The minimum Gasteiger partial charge on any atom is -0.467 e. The number of allylic oxidation sites excluding steroid dienone is 1. The van der Waals surface area contributed by atoms with E-state index in [1.54, 1.807) is 0 Å². The molecule has 3 aromatic rings. The molecule has 0 aromatic heterocycles. The summed E-state index contributed by atoms with van der Waals surface area (Å²) in [4.78, 5) is 13.2. The Labute approximate surface area is 218 Å². The van der Waals surface area contributed by atoms with Crippen molar-refractivity contribution < 1.29 is 14.6 Å². The normalized spacial score (nSPS) is 23.6. The highest BCUT2D eigenvalue weighted by Crippen LogP contribution is 2.55. The zero-order valence-corrected chi connectivity index (χ0v) is 21.3. The van der Waals surface area contributed by atoms with Crippen molar-refractivity contribution >= 4 is 29.3 Å². The van der Waals surface area contributed by atoms with Crippen LogP contribution in [0.15, 0.2) is 84.4 Å². The average Bonchev–Trinajstić information content (AvgIpc) is 3.21. The van der Waals surface area contributed by atoms with Crippen molar-refractivity contribution in [2.24, 2.45) is 0 Å². The first kappa shape index (κ1) is 24.6. The van der Waals surface area contributed by atoms with Gasteiger partial charge in [0, 0.05) is 22.0 Å². The number of methoxy groups -OCH3 is 1. The molecule has 0 heterocycles. The minimum absolute atomic E-state index is 0.0283. The van der Waals surface area contributed by atoms with E-state index in [9.17, 15) is 9.90 Å². The average molecular weight is 502 g/mol. The lowest BCUT2D eigenvalue weighted by molar-refractivity contribution is -0.147. The largest absolute Gasteiger partial charge is 0.467 e. The molecule has 0 radical (unpaired) electrons.